The molecule has 3 aliphatic rings. The predicted octanol–water partition coefficient (Wildman–Crippen LogP) is 3.02. The van der Waals surface area contributed by atoms with Gasteiger partial charge in [0.25, 0.3) is 0 Å². The predicted molar refractivity (Wildman–Crippen MR) is 78.6 cm³/mol. The van der Waals surface area contributed by atoms with Crippen LogP contribution in [0.4, 0.5) is 0 Å². The lowest BCUT2D eigenvalue weighted by molar-refractivity contribution is 0.0354. The first-order valence-corrected chi connectivity index (χ1v) is 7.84. The topological polar surface area (TPSA) is 24.8 Å². The summed E-state index contributed by atoms with van der Waals surface area (Å²) < 4.78 is 5.48. The van der Waals surface area contributed by atoms with Gasteiger partial charge in [-0.2, -0.15) is 0 Å². The smallest absolute Gasteiger partial charge is 0.0480 e. The lowest BCUT2D eigenvalue weighted by Gasteiger charge is -2.39. The molecule has 0 aromatic heterocycles. The van der Waals surface area contributed by atoms with Gasteiger partial charge in [0.05, 0.1) is 0 Å². The van der Waals surface area contributed by atoms with Gasteiger partial charge in [0.1, 0.15) is 0 Å². The van der Waals surface area contributed by atoms with E-state index in [1.807, 2.05) is 0 Å². The number of nitrogens with zero attached hydrogens (tertiary/aromatic N) is 2. The standard InChI is InChI=1S/C16H26N2O/c1-12(2)15-4-3-13-11-18(8-5-16(13)17-15)14-6-9-19-10-7-14/h12,14H,3-11H2,1-2H3. The Hall–Kier alpha value is -0.670. The lowest BCUT2D eigenvalue weighted by atomic mass is 9.91. The molecule has 0 atom stereocenters. The van der Waals surface area contributed by atoms with Crippen LogP contribution in [-0.4, -0.2) is 43.0 Å². The minimum absolute atomic E-state index is 0.613. The first-order chi connectivity index (χ1) is 9.24. The Labute approximate surface area is 116 Å². The highest BCUT2D eigenvalue weighted by molar-refractivity contribution is 5.88. The van der Waals surface area contributed by atoms with Crippen LogP contribution in [0, 0.1) is 5.92 Å². The molecule has 3 aliphatic heterocycles. The van der Waals surface area contributed by atoms with Crippen LogP contribution in [0.15, 0.2) is 16.3 Å². The van der Waals surface area contributed by atoms with Crippen LogP contribution in [0.5, 0.6) is 0 Å². The van der Waals surface area contributed by atoms with Crippen LogP contribution >= 0.6 is 0 Å². The van der Waals surface area contributed by atoms with Crippen molar-refractivity contribution >= 4 is 5.71 Å². The molecule has 1 saturated heterocycles. The Balaban J connectivity index is 1.68. The van der Waals surface area contributed by atoms with E-state index in [1.165, 1.54) is 43.6 Å². The third-order valence-corrected chi connectivity index (χ3v) is 4.77. The molecular formula is C16H26N2O. The van der Waals surface area contributed by atoms with Crippen LogP contribution in [0.25, 0.3) is 0 Å². The Morgan fingerprint density at radius 3 is 2.68 bits per heavy atom. The molecule has 3 rings (SSSR count). The molecule has 19 heavy (non-hydrogen) atoms. The second kappa shape index (κ2) is 5.76. The van der Waals surface area contributed by atoms with Gasteiger partial charge in [0, 0.05) is 50.2 Å². The van der Waals surface area contributed by atoms with Gasteiger partial charge in [0.15, 0.2) is 0 Å². The molecule has 0 aliphatic carbocycles. The SMILES string of the molecule is CC(C)C1=NC2=C(CC1)CN(C1CCOCC1)CC2. The molecule has 0 saturated carbocycles. The first-order valence-electron chi connectivity index (χ1n) is 7.84. The summed E-state index contributed by atoms with van der Waals surface area (Å²) in [6.07, 6.45) is 6.00. The summed E-state index contributed by atoms with van der Waals surface area (Å²) in [7, 11) is 0. The second-order valence-electron chi connectivity index (χ2n) is 6.37. The lowest BCUT2D eigenvalue weighted by Crippen LogP contribution is -2.43. The van der Waals surface area contributed by atoms with Crippen molar-refractivity contribution in [3.8, 4) is 0 Å². The van der Waals surface area contributed by atoms with Crippen molar-refractivity contribution < 1.29 is 4.74 Å². The zero-order valence-electron chi connectivity index (χ0n) is 12.3. The molecule has 3 heteroatoms. The van der Waals surface area contributed by atoms with Crippen molar-refractivity contribution in [1.29, 1.82) is 0 Å². The average molecular weight is 262 g/mol. The minimum atomic E-state index is 0.613. The van der Waals surface area contributed by atoms with Gasteiger partial charge in [-0.1, -0.05) is 13.8 Å². The van der Waals surface area contributed by atoms with Gasteiger partial charge in [-0.05, 0) is 37.2 Å². The summed E-state index contributed by atoms with van der Waals surface area (Å²) in [5.74, 6) is 0.613. The van der Waals surface area contributed by atoms with E-state index >= 15 is 0 Å². The van der Waals surface area contributed by atoms with Crippen LogP contribution in [0.1, 0.15) is 46.0 Å². The summed E-state index contributed by atoms with van der Waals surface area (Å²) in [6.45, 7) is 8.78. The maximum absolute atomic E-state index is 5.48. The van der Waals surface area contributed by atoms with Gasteiger partial charge in [-0.25, -0.2) is 0 Å². The summed E-state index contributed by atoms with van der Waals surface area (Å²) in [4.78, 5) is 7.61. The third-order valence-electron chi connectivity index (χ3n) is 4.77. The van der Waals surface area contributed by atoms with Gasteiger partial charge in [-0.3, -0.25) is 9.89 Å². The monoisotopic (exact) mass is 262 g/mol. The van der Waals surface area contributed by atoms with Gasteiger partial charge < -0.3 is 4.74 Å². The van der Waals surface area contributed by atoms with E-state index in [-0.39, 0.29) is 0 Å². The van der Waals surface area contributed by atoms with Crippen molar-refractivity contribution in [1.82, 2.24) is 4.90 Å². The highest BCUT2D eigenvalue weighted by Crippen LogP contribution is 2.31. The number of aliphatic imine (C=N–C) groups is 1. The van der Waals surface area contributed by atoms with Crippen molar-refractivity contribution in [2.24, 2.45) is 10.9 Å². The summed E-state index contributed by atoms with van der Waals surface area (Å²) in [5, 5.41) is 0. The van der Waals surface area contributed by atoms with Crippen LogP contribution in [0.2, 0.25) is 0 Å². The highest BCUT2D eigenvalue weighted by Gasteiger charge is 2.28. The number of hydrogen-bond acceptors (Lipinski definition) is 3. The molecule has 0 spiro atoms. The molecule has 0 unspecified atom stereocenters. The maximum atomic E-state index is 5.48. The molecule has 3 nitrogen and oxygen atoms in total. The van der Waals surface area contributed by atoms with E-state index in [0.717, 1.165) is 32.2 Å². The largest absolute Gasteiger partial charge is 0.381 e. The van der Waals surface area contributed by atoms with Crippen molar-refractivity contribution in [3.63, 3.8) is 0 Å². The molecule has 0 N–H and O–H groups in total. The van der Waals surface area contributed by atoms with E-state index in [9.17, 15) is 0 Å². The molecule has 0 radical (unpaired) electrons. The van der Waals surface area contributed by atoms with Crippen molar-refractivity contribution in [2.45, 2.75) is 52.0 Å². The van der Waals surface area contributed by atoms with E-state index in [4.69, 9.17) is 9.73 Å². The van der Waals surface area contributed by atoms with Gasteiger partial charge in [-0.15, -0.1) is 0 Å². The van der Waals surface area contributed by atoms with E-state index in [2.05, 4.69) is 18.7 Å². The van der Waals surface area contributed by atoms with Crippen LogP contribution in [0.3, 0.4) is 0 Å². The molecule has 0 amide bonds. The van der Waals surface area contributed by atoms with Crippen LogP contribution in [-0.2, 0) is 4.74 Å². The maximum Gasteiger partial charge on any atom is 0.0480 e. The van der Waals surface area contributed by atoms with Crippen molar-refractivity contribution in [3.05, 3.63) is 11.3 Å². The Morgan fingerprint density at radius 2 is 1.95 bits per heavy atom. The molecule has 0 aromatic rings. The second-order valence-corrected chi connectivity index (χ2v) is 6.37. The fourth-order valence-corrected chi connectivity index (χ4v) is 3.49. The first kappa shape index (κ1) is 13.3. The molecule has 3 heterocycles. The number of hydrogen-bond donors (Lipinski definition) is 0. The fourth-order valence-electron chi connectivity index (χ4n) is 3.49. The van der Waals surface area contributed by atoms with Gasteiger partial charge >= 0.3 is 0 Å². The number of rotatable bonds is 2. The van der Waals surface area contributed by atoms with Crippen LogP contribution < -0.4 is 0 Å². The minimum Gasteiger partial charge on any atom is -0.381 e. The zero-order valence-corrected chi connectivity index (χ0v) is 12.3. The Bertz CT molecular complexity index is 392. The molecule has 0 aromatic carbocycles. The average Bonchev–Trinajstić information content (AvgIpc) is 2.47. The van der Waals surface area contributed by atoms with Crippen molar-refractivity contribution in [2.75, 3.05) is 26.3 Å². The highest BCUT2D eigenvalue weighted by atomic mass is 16.5. The van der Waals surface area contributed by atoms with E-state index < -0.39 is 0 Å². The van der Waals surface area contributed by atoms with E-state index in [0.29, 0.717) is 5.92 Å². The molecule has 106 valence electrons. The third kappa shape index (κ3) is 2.92. The quantitative estimate of drug-likeness (QED) is 0.764. The van der Waals surface area contributed by atoms with Gasteiger partial charge in [0.2, 0.25) is 0 Å². The molecule has 0 bridgehead atoms. The normalized spacial score (nSPS) is 26.6. The summed E-state index contributed by atoms with van der Waals surface area (Å²) >= 11 is 0. The molecule has 1 fully saturated rings. The summed E-state index contributed by atoms with van der Waals surface area (Å²) in [6, 6.07) is 0.748. The van der Waals surface area contributed by atoms with E-state index in [1.54, 1.807) is 5.57 Å². The molecular weight excluding hydrogens is 236 g/mol. The fraction of sp³-hybridized carbons (Fsp3) is 0.812. The zero-order chi connectivity index (χ0) is 13.2. The Kier molecular flexibility index (Phi) is 4.04. The summed E-state index contributed by atoms with van der Waals surface area (Å²) in [5.41, 5.74) is 4.44. The number of ether oxygens (including phenoxy) is 1. The Morgan fingerprint density at radius 1 is 1.16 bits per heavy atom.